The fraction of sp³-hybridized carbons (Fsp3) is 0.421. The summed E-state index contributed by atoms with van der Waals surface area (Å²) < 4.78 is 72.3. The highest BCUT2D eigenvalue weighted by Gasteiger charge is 2.43. The minimum atomic E-state index is -4.61. The smallest absolute Gasteiger partial charge is 0.416 e. The Morgan fingerprint density at radius 3 is 2.63 bits per heavy atom. The Morgan fingerprint density at radius 1 is 1.13 bits per heavy atom. The van der Waals surface area contributed by atoms with Crippen molar-refractivity contribution < 1.29 is 26.3 Å². The molecule has 11 heteroatoms. The lowest BCUT2D eigenvalue weighted by Crippen LogP contribution is -2.55. The molecular weight excluding hydrogens is 443 g/mol. The normalized spacial score (nSPS) is 23.3. The predicted molar refractivity (Wildman–Crippen MR) is 104 cm³/mol. The van der Waals surface area contributed by atoms with E-state index >= 15 is 0 Å². The molecule has 0 amide bonds. The second kappa shape index (κ2) is 7.99. The van der Waals surface area contributed by atoms with Crippen LogP contribution in [0.2, 0.25) is 5.02 Å². The van der Waals surface area contributed by atoms with E-state index in [-0.39, 0.29) is 30.1 Å². The van der Waals surface area contributed by atoms with Crippen LogP contribution in [0.5, 0.6) is 5.88 Å². The summed E-state index contributed by atoms with van der Waals surface area (Å²) in [5, 5.41) is 0.478. The van der Waals surface area contributed by atoms with E-state index in [1.165, 1.54) is 16.6 Å². The number of ether oxygens (including phenoxy) is 1. The van der Waals surface area contributed by atoms with Crippen molar-refractivity contribution in [3.05, 3.63) is 53.2 Å². The van der Waals surface area contributed by atoms with Crippen LogP contribution in [0.4, 0.5) is 13.2 Å². The maximum absolute atomic E-state index is 13.0. The molecule has 0 unspecified atom stereocenters. The minimum Gasteiger partial charge on any atom is -0.473 e. The number of fused-ring (bicyclic) bond motifs is 1. The van der Waals surface area contributed by atoms with Crippen LogP contribution in [0, 0.1) is 0 Å². The first-order valence-corrected chi connectivity index (χ1v) is 11.2. The summed E-state index contributed by atoms with van der Waals surface area (Å²) in [7, 11) is -4.07. The molecule has 30 heavy (non-hydrogen) atoms. The third kappa shape index (κ3) is 4.27. The lowest BCUT2D eigenvalue weighted by Gasteiger charge is -2.38. The third-order valence-corrected chi connectivity index (χ3v) is 7.48. The molecule has 0 bridgehead atoms. The molecule has 162 valence electrons. The summed E-state index contributed by atoms with van der Waals surface area (Å²) in [4.78, 5) is 5.89. The predicted octanol–water partition coefficient (Wildman–Crippen LogP) is 3.28. The van der Waals surface area contributed by atoms with Crippen molar-refractivity contribution in [2.75, 3.05) is 26.2 Å². The number of alkyl halides is 3. The number of rotatable bonds is 4. The van der Waals surface area contributed by atoms with Gasteiger partial charge >= 0.3 is 6.18 Å². The molecule has 1 aromatic carbocycles. The number of halogens is 4. The van der Waals surface area contributed by atoms with Gasteiger partial charge in [-0.2, -0.15) is 17.5 Å². The summed E-state index contributed by atoms with van der Waals surface area (Å²) in [5.74, 6) is 0.393. The van der Waals surface area contributed by atoms with Crippen LogP contribution in [0.1, 0.15) is 12.0 Å². The zero-order chi connectivity index (χ0) is 21.5. The van der Waals surface area contributed by atoms with Crippen LogP contribution in [-0.4, -0.2) is 60.9 Å². The van der Waals surface area contributed by atoms with Crippen LogP contribution in [-0.2, 0) is 16.2 Å². The molecule has 2 fully saturated rings. The Kier molecular flexibility index (Phi) is 5.69. The van der Waals surface area contributed by atoms with E-state index in [4.69, 9.17) is 16.3 Å². The molecule has 2 atom stereocenters. The summed E-state index contributed by atoms with van der Waals surface area (Å²) >= 11 is 5.84. The van der Waals surface area contributed by atoms with Crippen molar-refractivity contribution in [2.45, 2.75) is 29.6 Å². The van der Waals surface area contributed by atoms with E-state index in [2.05, 4.69) is 9.88 Å². The molecule has 0 radical (unpaired) electrons. The first-order chi connectivity index (χ1) is 14.1. The number of hydrogen-bond acceptors (Lipinski definition) is 5. The van der Waals surface area contributed by atoms with E-state index < -0.39 is 21.8 Å². The zero-order valence-electron chi connectivity index (χ0n) is 15.7. The van der Waals surface area contributed by atoms with Gasteiger partial charge in [-0.25, -0.2) is 13.4 Å². The Balaban J connectivity index is 1.53. The molecule has 0 saturated carbocycles. The van der Waals surface area contributed by atoms with Gasteiger partial charge in [0.2, 0.25) is 15.9 Å². The molecule has 0 N–H and O–H groups in total. The van der Waals surface area contributed by atoms with Gasteiger partial charge in [-0.15, -0.1) is 0 Å². The molecule has 4 rings (SSSR count). The highest BCUT2D eigenvalue weighted by atomic mass is 35.5. The van der Waals surface area contributed by atoms with Crippen molar-refractivity contribution in [1.29, 1.82) is 0 Å². The molecular formula is C19H19ClF3N3O3S. The van der Waals surface area contributed by atoms with Crippen LogP contribution in [0.15, 0.2) is 47.5 Å². The van der Waals surface area contributed by atoms with Crippen molar-refractivity contribution in [3.8, 4) is 5.88 Å². The zero-order valence-corrected chi connectivity index (χ0v) is 17.3. The van der Waals surface area contributed by atoms with Crippen LogP contribution >= 0.6 is 11.6 Å². The van der Waals surface area contributed by atoms with E-state index in [0.29, 0.717) is 29.9 Å². The topological polar surface area (TPSA) is 62.7 Å². The van der Waals surface area contributed by atoms with E-state index in [1.807, 2.05) is 0 Å². The van der Waals surface area contributed by atoms with Crippen LogP contribution in [0.25, 0.3) is 0 Å². The van der Waals surface area contributed by atoms with Gasteiger partial charge in [0.25, 0.3) is 0 Å². The fourth-order valence-electron chi connectivity index (χ4n) is 3.86. The molecule has 2 aliphatic rings. The summed E-state index contributed by atoms with van der Waals surface area (Å²) in [6.45, 7) is 1.58. The Morgan fingerprint density at radius 2 is 1.93 bits per heavy atom. The van der Waals surface area contributed by atoms with Crippen molar-refractivity contribution in [2.24, 2.45) is 0 Å². The van der Waals surface area contributed by atoms with Gasteiger partial charge in [0.1, 0.15) is 6.10 Å². The lowest BCUT2D eigenvalue weighted by molar-refractivity contribution is -0.137. The van der Waals surface area contributed by atoms with Gasteiger partial charge in [0.05, 0.1) is 21.5 Å². The number of piperazine rings is 1. The van der Waals surface area contributed by atoms with Crippen molar-refractivity contribution in [3.63, 3.8) is 0 Å². The number of sulfonamides is 1. The SMILES string of the molecule is O=S(=O)(c1cccc(C(F)(F)F)c1)N1CCN2CC[C@@H](Oc3ccc(Cl)cn3)[C@H]2C1. The van der Waals surface area contributed by atoms with Crippen LogP contribution < -0.4 is 4.74 Å². The average Bonchev–Trinajstić information content (AvgIpc) is 3.11. The summed E-state index contributed by atoms with van der Waals surface area (Å²) in [5.41, 5.74) is -0.988. The molecule has 2 aliphatic heterocycles. The number of nitrogens with zero attached hydrogens (tertiary/aromatic N) is 3. The van der Waals surface area contributed by atoms with E-state index in [0.717, 1.165) is 18.7 Å². The molecule has 2 aromatic rings. The molecule has 0 aliphatic carbocycles. The minimum absolute atomic E-state index is 0.136. The van der Waals surface area contributed by atoms with E-state index in [1.54, 1.807) is 12.1 Å². The highest BCUT2D eigenvalue weighted by molar-refractivity contribution is 7.89. The first kappa shape index (κ1) is 21.4. The van der Waals surface area contributed by atoms with Crippen LogP contribution in [0.3, 0.4) is 0 Å². The van der Waals surface area contributed by atoms with E-state index in [9.17, 15) is 21.6 Å². The quantitative estimate of drug-likeness (QED) is 0.699. The summed E-state index contributed by atoms with van der Waals surface area (Å²) in [6, 6.07) is 6.93. The van der Waals surface area contributed by atoms with Gasteiger partial charge in [0.15, 0.2) is 0 Å². The van der Waals surface area contributed by atoms with Gasteiger partial charge in [0, 0.05) is 38.4 Å². The summed E-state index contributed by atoms with van der Waals surface area (Å²) in [6.07, 6.45) is -2.72. The second-order valence-corrected chi connectivity index (χ2v) is 9.63. The Hall–Kier alpha value is -1.88. The second-order valence-electron chi connectivity index (χ2n) is 7.25. The fourth-order valence-corrected chi connectivity index (χ4v) is 5.47. The highest BCUT2D eigenvalue weighted by Crippen LogP contribution is 2.33. The van der Waals surface area contributed by atoms with Crippen molar-refractivity contribution in [1.82, 2.24) is 14.2 Å². The number of hydrogen-bond donors (Lipinski definition) is 0. The first-order valence-electron chi connectivity index (χ1n) is 9.34. The largest absolute Gasteiger partial charge is 0.473 e. The Labute approximate surface area is 177 Å². The molecule has 1 aromatic heterocycles. The van der Waals surface area contributed by atoms with Gasteiger partial charge in [-0.1, -0.05) is 17.7 Å². The Bertz CT molecular complexity index is 1020. The maximum Gasteiger partial charge on any atom is 0.416 e. The van der Waals surface area contributed by atoms with Crippen molar-refractivity contribution >= 4 is 21.6 Å². The van der Waals surface area contributed by atoms with Gasteiger partial charge in [-0.05, 0) is 30.7 Å². The number of pyridine rings is 1. The molecule has 2 saturated heterocycles. The average molecular weight is 462 g/mol. The lowest BCUT2D eigenvalue weighted by atomic mass is 10.1. The standard InChI is InChI=1S/C19H19ClF3N3O3S/c20-14-4-5-18(24-11-14)29-17-6-7-25-8-9-26(12-16(17)25)30(27,28)15-3-1-2-13(10-15)19(21,22)23/h1-5,10-11,16-17H,6-9,12H2/t16-,17-/m1/s1. The molecule has 0 spiro atoms. The molecule has 3 heterocycles. The van der Waals surface area contributed by atoms with Gasteiger partial charge in [-0.3, -0.25) is 4.90 Å². The third-order valence-electron chi connectivity index (χ3n) is 5.40. The maximum atomic E-state index is 13.0. The number of aromatic nitrogens is 1. The number of benzene rings is 1. The molecule has 6 nitrogen and oxygen atoms in total. The monoisotopic (exact) mass is 461 g/mol. The van der Waals surface area contributed by atoms with Gasteiger partial charge < -0.3 is 4.74 Å².